The Kier molecular flexibility index (Phi) is 5.83. The number of para-hydroxylation sites is 3. The third-order valence-corrected chi connectivity index (χ3v) is 11.3. The summed E-state index contributed by atoms with van der Waals surface area (Å²) in [5.41, 5.74) is 9.18. The zero-order chi connectivity index (χ0) is 32.8. The zero-order valence-corrected chi connectivity index (χ0v) is 27.7. The van der Waals surface area contributed by atoms with E-state index in [9.17, 15) is 0 Å². The molecule has 0 aliphatic carbocycles. The van der Waals surface area contributed by atoms with Crippen LogP contribution in [0.4, 0.5) is 17.1 Å². The molecule has 0 saturated heterocycles. The smallest absolute Gasteiger partial charge is 0.135 e. The van der Waals surface area contributed by atoms with Crippen LogP contribution < -0.4 is 9.64 Å². The first-order valence-corrected chi connectivity index (χ1v) is 17.7. The molecule has 50 heavy (non-hydrogen) atoms. The second-order valence-electron chi connectivity index (χ2n) is 12.9. The molecule has 0 atom stereocenters. The Morgan fingerprint density at radius 2 is 1.12 bits per heavy atom. The number of hydrogen-bond donors (Lipinski definition) is 0. The van der Waals surface area contributed by atoms with E-state index in [4.69, 9.17) is 4.74 Å². The van der Waals surface area contributed by atoms with Crippen molar-refractivity contribution in [2.45, 2.75) is 0 Å². The van der Waals surface area contributed by atoms with Gasteiger partial charge < -0.3 is 14.2 Å². The quantitative estimate of drug-likeness (QED) is 0.188. The lowest BCUT2D eigenvalue weighted by Gasteiger charge is -2.29. The van der Waals surface area contributed by atoms with Gasteiger partial charge in [-0.25, -0.2) is 0 Å². The summed E-state index contributed by atoms with van der Waals surface area (Å²) >= 11 is 1.85. The first kappa shape index (κ1) is 27.6. The molecule has 0 unspecified atom stereocenters. The largest absolute Gasteiger partial charge is 0.456 e. The molecule has 3 heterocycles. The molecule has 0 N–H and O–H groups in total. The summed E-state index contributed by atoms with van der Waals surface area (Å²) in [6.45, 7) is 0. The molecule has 0 spiro atoms. The van der Waals surface area contributed by atoms with Crippen molar-refractivity contribution in [2.24, 2.45) is 0 Å². The van der Waals surface area contributed by atoms with Crippen LogP contribution in [0.5, 0.6) is 11.5 Å². The van der Waals surface area contributed by atoms with Gasteiger partial charge in [0.1, 0.15) is 11.5 Å². The molecule has 8 aromatic carbocycles. The van der Waals surface area contributed by atoms with E-state index in [1.165, 1.54) is 47.5 Å². The maximum absolute atomic E-state index is 6.52. The minimum absolute atomic E-state index is 0.888. The maximum atomic E-state index is 6.52. The number of hydrogen-bond acceptors (Lipinski definition) is 3. The van der Waals surface area contributed by atoms with Crippen molar-refractivity contribution >= 4 is 81.1 Å². The molecule has 3 nitrogen and oxygen atoms in total. The molecule has 0 bridgehead atoms. The van der Waals surface area contributed by atoms with Crippen LogP contribution in [0.1, 0.15) is 0 Å². The molecular weight excluding hydrogens is 629 g/mol. The lowest BCUT2D eigenvalue weighted by atomic mass is 9.93. The Bertz CT molecular complexity index is 2970. The van der Waals surface area contributed by atoms with E-state index in [2.05, 4.69) is 173 Å². The summed E-state index contributed by atoms with van der Waals surface area (Å²) in [7, 11) is 0. The summed E-state index contributed by atoms with van der Waals surface area (Å²) in [5, 5.41) is 7.30. The molecule has 0 radical (unpaired) electrons. The maximum Gasteiger partial charge on any atom is 0.135 e. The number of anilines is 3. The fourth-order valence-electron chi connectivity index (χ4n) is 7.99. The van der Waals surface area contributed by atoms with Crippen LogP contribution in [0.2, 0.25) is 0 Å². The number of aromatic nitrogens is 1. The highest BCUT2D eigenvalue weighted by atomic mass is 32.1. The Morgan fingerprint density at radius 1 is 0.440 bits per heavy atom. The molecule has 1 aliphatic rings. The minimum atomic E-state index is 0.888. The number of thiophene rings is 1. The number of benzene rings is 8. The summed E-state index contributed by atoms with van der Waals surface area (Å²) in [6.07, 6.45) is 0. The van der Waals surface area contributed by atoms with Gasteiger partial charge in [-0.15, -0.1) is 11.3 Å². The highest BCUT2D eigenvalue weighted by molar-refractivity contribution is 7.25. The molecule has 0 saturated carbocycles. The first-order chi connectivity index (χ1) is 24.8. The lowest BCUT2D eigenvalue weighted by Crippen LogP contribution is -2.11. The van der Waals surface area contributed by atoms with E-state index >= 15 is 0 Å². The van der Waals surface area contributed by atoms with Gasteiger partial charge in [-0.1, -0.05) is 91.0 Å². The third kappa shape index (κ3) is 3.97. The van der Waals surface area contributed by atoms with Crippen LogP contribution in [0.15, 0.2) is 170 Å². The van der Waals surface area contributed by atoms with Gasteiger partial charge in [0.2, 0.25) is 0 Å². The monoisotopic (exact) mass is 656 g/mol. The van der Waals surface area contributed by atoms with Crippen LogP contribution in [0, 0.1) is 0 Å². The lowest BCUT2D eigenvalue weighted by molar-refractivity contribution is 0.487. The van der Waals surface area contributed by atoms with E-state index < -0.39 is 0 Å². The summed E-state index contributed by atoms with van der Waals surface area (Å²) in [6, 6.07) is 61.3. The van der Waals surface area contributed by atoms with Crippen LogP contribution >= 0.6 is 11.3 Å². The molecule has 2 aromatic heterocycles. The molecule has 10 aromatic rings. The number of nitrogens with zero attached hydrogens (tertiary/aromatic N) is 2. The Balaban J connectivity index is 1.20. The second-order valence-corrected chi connectivity index (χ2v) is 14.0. The van der Waals surface area contributed by atoms with E-state index in [-0.39, 0.29) is 0 Å². The van der Waals surface area contributed by atoms with Crippen LogP contribution in [-0.4, -0.2) is 4.57 Å². The van der Waals surface area contributed by atoms with Crippen molar-refractivity contribution in [3.8, 4) is 28.3 Å². The van der Waals surface area contributed by atoms with Gasteiger partial charge in [-0.2, -0.15) is 0 Å². The predicted molar refractivity (Wildman–Crippen MR) is 211 cm³/mol. The topological polar surface area (TPSA) is 17.4 Å². The zero-order valence-electron chi connectivity index (χ0n) is 26.9. The third-order valence-electron chi connectivity index (χ3n) is 10.2. The summed E-state index contributed by atoms with van der Waals surface area (Å²) < 4.78 is 11.5. The van der Waals surface area contributed by atoms with Crippen molar-refractivity contribution in [1.29, 1.82) is 0 Å². The average Bonchev–Trinajstić information content (AvgIpc) is 3.71. The Hall–Kier alpha value is -6.36. The van der Waals surface area contributed by atoms with Crippen LogP contribution in [0.25, 0.3) is 69.6 Å². The van der Waals surface area contributed by atoms with Gasteiger partial charge >= 0.3 is 0 Å². The molecular formula is C46H28N2OS. The second kappa shape index (κ2) is 10.6. The predicted octanol–water partition coefficient (Wildman–Crippen LogP) is 13.5. The molecule has 4 heteroatoms. The SMILES string of the molecule is c1ccc(-n2c3ccccc3c3cc(N(c4ccc5sc6ccccc6c5c4)c4ccc5c6c(cccc46)Oc4ccccc4-5)ccc32)cc1. The van der Waals surface area contributed by atoms with Crippen molar-refractivity contribution in [1.82, 2.24) is 4.57 Å². The van der Waals surface area contributed by atoms with Crippen LogP contribution in [-0.2, 0) is 0 Å². The van der Waals surface area contributed by atoms with Gasteiger partial charge in [-0.05, 0) is 84.4 Å². The fourth-order valence-corrected chi connectivity index (χ4v) is 9.08. The highest BCUT2D eigenvalue weighted by Crippen LogP contribution is 2.51. The van der Waals surface area contributed by atoms with Gasteiger partial charge in [0.05, 0.1) is 16.7 Å². The van der Waals surface area contributed by atoms with Gasteiger partial charge in [-0.3, -0.25) is 0 Å². The standard InChI is InChI=1S/C46H28N2OS/c1-2-11-29(12-3-1)48-39-17-7-4-13-32(39)37-27-30(21-24-41(37)48)47(31-22-26-45-38(28-31)34-15-6-9-20-44(34)50-45)40-25-23-35-33-14-5-8-18-42(33)49-43-19-10-16-36(40)46(35)43/h1-28H. The normalized spacial score (nSPS) is 12.2. The summed E-state index contributed by atoms with van der Waals surface area (Å²) in [4.78, 5) is 2.43. The molecule has 234 valence electrons. The van der Waals surface area contributed by atoms with E-state index in [0.717, 1.165) is 50.6 Å². The van der Waals surface area contributed by atoms with E-state index in [1.807, 2.05) is 17.4 Å². The van der Waals surface area contributed by atoms with Crippen LogP contribution in [0.3, 0.4) is 0 Å². The van der Waals surface area contributed by atoms with Crippen molar-refractivity contribution < 1.29 is 4.74 Å². The van der Waals surface area contributed by atoms with Crippen molar-refractivity contribution in [3.63, 3.8) is 0 Å². The Morgan fingerprint density at radius 3 is 2.04 bits per heavy atom. The number of ether oxygens (including phenoxy) is 1. The molecule has 11 rings (SSSR count). The van der Waals surface area contributed by atoms with Crippen molar-refractivity contribution in [2.75, 3.05) is 4.90 Å². The minimum Gasteiger partial charge on any atom is -0.456 e. The summed E-state index contributed by atoms with van der Waals surface area (Å²) in [5.74, 6) is 1.78. The first-order valence-electron chi connectivity index (χ1n) is 16.9. The van der Waals surface area contributed by atoms with Gasteiger partial charge in [0, 0.05) is 64.3 Å². The Labute approximate surface area is 292 Å². The van der Waals surface area contributed by atoms with Crippen molar-refractivity contribution in [3.05, 3.63) is 170 Å². The number of fused-ring (bicyclic) bond motifs is 8. The number of rotatable bonds is 4. The average molecular weight is 657 g/mol. The van der Waals surface area contributed by atoms with Gasteiger partial charge in [0.15, 0.2) is 0 Å². The highest BCUT2D eigenvalue weighted by Gasteiger charge is 2.25. The van der Waals surface area contributed by atoms with E-state index in [1.54, 1.807) is 0 Å². The molecule has 0 amide bonds. The fraction of sp³-hybridized carbons (Fsp3) is 0. The molecule has 1 aliphatic heterocycles. The van der Waals surface area contributed by atoms with Gasteiger partial charge in [0.25, 0.3) is 0 Å². The molecule has 0 fully saturated rings. The van der Waals surface area contributed by atoms with E-state index in [0.29, 0.717) is 0 Å².